The van der Waals surface area contributed by atoms with Crippen LogP contribution in [0.1, 0.15) is 44.8 Å². The number of aromatic nitrogens is 1. The van der Waals surface area contributed by atoms with Gasteiger partial charge in [0.05, 0.1) is 17.5 Å². The maximum absolute atomic E-state index is 11.6. The Bertz CT molecular complexity index is 550. The predicted molar refractivity (Wildman–Crippen MR) is 94.2 cm³/mol. The molecule has 0 aromatic carbocycles. The highest BCUT2D eigenvalue weighted by atomic mass is 79.9. The van der Waals surface area contributed by atoms with E-state index in [9.17, 15) is 8.42 Å². The van der Waals surface area contributed by atoms with E-state index in [2.05, 4.69) is 49.1 Å². The van der Waals surface area contributed by atoms with Gasteiger partial charge in [0.15, 0.2) is 0 Å². The fourth-order valence-electron chi connectivity index (χ4n) is 1.99. The normalized spacial score (nSPS) is 13.3. The Hall–Kier alpha value is 0.0200. The summed E-state index contributed by atoms with van der Waals surface area (Å²) in [6.07, 6.45) is 4.19. The minimum atomic E-state index is -2.90. The molecular formula is C14H22Br2N2O2S. The van der Waals surface area contributed by atoms with Gasteiger partial charge in [-0.25, -0.2) is 8.42 Å². The fraction of sp³-hybridized carbons (Fsp3) is 0.643. The van der Waals surface area contributed by atoms with Crippen LogP contribution in [0.3, 0.4) is 0 Å². The molecule has 1 unspecified atom stereocenters. The molecule has 1 aromatic rings. The van der Waals surface area contributed by atoms with Gasteiger partial charge in [-0.05, 0) is 63.7 Å². The summed E-state index contributed by atoms with van der Waals surface area (Å²) in [6.45, 7) is 4.68. The van der Waals surface area contributed by atoms with Crippen LogP contribution in [0.25, 0.3) is 0 Å². The van der Waals surface area contributed by atoms with E-state index in [4.69, 9.17) is 0 Å². The Balaban J connectivity index is 2.76. The Morgan fingerprint density at radius 3 is 2.62 bits per heavy atom. The second-order valence-electron chi connectivity index (χ2n) is 4.91. The lowest BCUT2D eigenvalue weighted by Gasteiger charge is -2.19. The Morgan fingerprint density at radius 2 is 2.05 bits per heavy atom. The maximum Gasteiger partial charge on any atom is 0.150 e. The summed E-state index contributed by atoms with van der Waals surface area (Å²) >= 11 is 6.93. The molecule has 1 N–H and O–H groups in total. The van der Waals surface area contributed by atoms with Gasteiger partial charge in [0, 0.05) is 20.9 Å². The van der Waals surface area contributed by atoms with E-state index in [1.807, 2.05) is 6.07 Å². The van der Waals surface area contributed by atoms with Crippen molar-refractivity contribution >= 4 is 41.7 Å². The SMILES string of the molecule is CCCNC(CCCS(=O)(=O)CC)c1ncc(Br)cc1Br. The summed E-state index contributed by atoms with van der Waals surface area (Å²) in [5.74, 6) is 0.447. The third kappa shape index (κ3) is 6.76. The van der Waals surface area contributed by atoms with Crippen molar-refractivity contribution in [2.75, 3.05) is 18.1 Å². The van der Waals surface area contributed by atoms with Crippen LogP contribution < -0.4 is 5.32 Å². The second kappa shape index (κ2) is 9.22. The third-order valence-electron chi connectivity index (χ3n) is 3.20. The third-order valence-corrected chi connectivity index (χ3v) is 6.05. The first-order chi connectivity index (χ1) is 9.89. The van der Waals surface area contributed by atoms with Gasteiger partial charge in [0.2, 0.25) is 0 Å². The van der Waals surface area contributed by atoms with E-state index in [-0.39, 0.29) is 17.5 Å². The van der Waals surface area contributed by atoms with Crippen LogP contribution in [0.2, 0.25) is 0 Å². The molecule has 4 nitrogen and oxygen atoms in total. The first kappa shape index (κ1) is 19.1. The molecule has 1 atom stereocenters. The molecule has 0 spiro atoms. The average molecular weight is 442 g/mol. The van der Waals surface area contributed by atoms with E-state index in [1.165, 1.54) is 0 Å². The molecule has 1 rings (SSSR count). The summed E-state index contributed by atoms with van der Waals surface area (Å²) in [4.78, 5) is 4.46. The van der Waals surface area contributed by atoms with E-state index in [0.717, 1.165) is 34.0 Å². The summed E-state index contributed by atoms with van der Waals surface area (Å²) in [5, 5.41) is 3.45. The lowest BCUT2D eigenvalue weighted by Crippen LogP contribution is -2.24. The van der Waals surface area contributed by atoms with Crippen LogP contribution in [0, 0.1) is 0 Å². The zero-order chi connectivity index (χ0) is 15.9. The molecule has 0 aliphatic carbocycles. The van der Waals surface area contributed by atoms with Crippen molar-refractivity contribution in [1.82, 2.24) is 10.3 Å². The number of halogens is 2. The standard InChI is InChI=1S/C14H22Br2N2O2S/c1-3-7-17-13(6-5-8-21(19,20)4-2)14-12(16)9-11(15)10-18-14/h9-10,13,17H,3-8H2,1-2H3. The van der Waals surface area contributed by atoms with E-state index in [0.29, 0.717) is 6.42 Å². The zero-order valence-electron chi connectivity index (χ0n) is 12.4. The number of nitrogens with one attached hydrogen (secondary N) is 1. The number of sulfone groups is 1. The van der Waals surface area contributed by atoms with Crippen LogP contribution in [-0.2, 0) is 9.84 Å². The molecule has 0 amide bonds. The second-order valence-corrected chi connectivity index (χ2v) is 9.15. The van der Waals surface area contributed by atoms with E-state index >= 15 is 0 Å². The highest BCUT2D eigenvalue weighted by molar-refractivity contribution is 9.11. The first-order valence-electron chi connectivity index (χ1n) is 7.14. The minimum Gasteiger partial charge on any atom is -0.309 e. The van der Waals surface area contributed by atoms with Gasteiger partial charge in [-0.1, -0.05) is 13.8 Å². The summed E-state index contributed by atoms with van der Waals surface area (Å²) in [6, 6.07) is 2.03. The molecule has 0 aliphatic rings. The molecule has 120 valence electrons. The highest BCUT2D eigenvalue weighted by Gasteiger charge is 2.17. The summed E-state index contributed by atoms with van der Waals surface area (Å²) in [5.41, 5.74) is 0.931. The lowest BCUT2D eigenvalue weighted by molar-refractivity contribution is 0.480. The number of hydrogen-bond acceptors (Lipinski definition) is 4. The fourth-order valence-corrected chi connectivity index (χ4v) is 4.15. The van der Waals surface area contributed by atoms with Crippen LogP contribution in [-0.4, -0.2) is 31.5 Å². The number of hydrogen-bond donors (Lipinski definition) is 1. The van der Waals surface area contributed by atoms with Gasteiger partial charge < -0.3 is 5.32 Å². The van der Waals surface area contributed by atoms with Gasteiger partial charge in [-0.2, -0.15) is 0 Å². The quantitative estimate of drug-likeness (QED) is 0.631. The van der Waals surface area contributed by atoms with Gasteiger partial charge in [0.25, 0.3) is 0 Å². The van der Waals surface area contributed by atoms with Crippen molar-refractivity contribution < 1.29 is 8.42 Å². The maximum atomic E-state index is 11.6. The van der Waals surface area contributed by atoms with Gasteiger partial charge >= 0.3 is 0 Å². The molecule has 0 aliphatic heterocycles. The molecule has 0 saturated heterocycles. The first-order valence-corrected chi connectivity index (χ1v) is 10.5. The van der Waals surface area contributed by atoms with E-state index < -0.39 is 9.84 Å². The monoisotopic (exact) mass is 440 g/mol. The largest absolute Gasteiger partial charge is 0.309 e. The van der Waals surface area contributed by atoms with Crippen molar-refractivity contribution in [3.63, 3.8) is 0 Å². The molecule has 1 heterocycles. The van der Waals surface area contributed by atoms with Gasteiger partial charge in [-0.3, -0.25) is 4.98 Å². The van der Waals surface area contributed by atoms with Crippen LogP contribution in [0.15, 0.2) is 21.2 Å². The number of nitrogens with zero attached hydrogens (tertiary/aromatic N) is 1. The van der Waals surface area contributed by atoms with Crippen LogP contribution in [0.4, 0.5) is 0 Å². The van der Waals surface area contributed by atoms with Crippen molar-refractivity contribution in [1.29, 1.82) is 0 Å². The Labute approximate surface area is 144 Å². The van der Waals surface area contributed by atoms with Crippen LogP contribution in [0.5, 0.6) is 0 Å². The molecule has 0 saturated carbocycles. The van der Waals surface area contributed by atoms with Gasteiger partial charge in [-0.15, -0.1) is 0 Å². The molecule has 7 heteroatoms. The smallest absolute Gasteiger partial charge is 0.150 e. The minimum absolute atomic E-state index is 0.0690. The molecular weight excluding hydrogens is 420 g/mol. The molecule has 0 radical (unpaired) electrons. The lowest BCUT2D eigenvalue weighted by atomic mass is 10.1. The van der Waals surface area contributed by atoms with Gasteiger partial charge in [0.1, 0.15) is 9.84 Å². The number of rotatable bonds is 9. The van der Waals surface area contributed by atoms with Crippen molar-refractivity contribution in [3.8, 4) is 0 Å². The Morgan fingerprint density at radius 1 is 1.33 bits per heavy atom. The van der Waals surface area contributed by atoms with Crippen molar-refractivity contribution in [3.05, 3.63) is 26.9 Å². The summed E-state index contributed by atoms with van der Waals surface area (Å²) < 4.78 is 25.0. The molecule has 0 fully saturated rings. The zero-order valence-corrected chi connectivity index (χ0v) is 16.4. The topological polar surface area (TPSA) is 59.1 Å². The van der Waals surface area contributed by atoms with Crippen molar-refractivity contribution in [2.24, 2.45) is 0 Å². The average Bonchev–Trinajstić information content (AvgIpc) is 2.43. The van der Waals surface area contributed by atoms with Crippen molar-refractivity contribution in [2.45, 2.75) is 39.2 Å². The Kier molecular flexibility index (Phi) is 8.38. The molecule has 0 bridgehead atoms. The number of pyridine rings is 1. The molecule has 1 aromatic heterocycles. The molecule has 21 heavy (non-hydrogen) atoms. The van der Waals surface area contributed by atoms with Crippen LogP contribution >= 0.6 is 31.9 Å². The highest BCUT2D eigenvalue weighted by Crippen LogP contribution is 2.27. The predicted octanol–water partition coefficient (Wildman–Crippen LogP) is 3.86. The van der Waals surface area contributed by atoms with E-state index in [1.54, 1.807) is 13.1 Å². The summed E-state index contributed by atoms with van der Waals surface area (Å²) in [7, 11) is -2.90.